The minimum Gasteiger partial charge on any atom is -0.264 e. The highest BCUT2D eigenvalue weighted by atomic mass is 14.6. The van der Waals surface area contributed by atoms with Crippen molar-refractivity contribution in [3.05, 3.63) is 131 Å². The van der Waals surface area contributed by atoms with Gasteiger partial charge in [-0.05, 0) is 45.4 Å². The molecule has 0 bridgehead atoms. The molecule has 2 aliphatic carbocycles. The number of aromatic nitrogens is 1. The molecule has 1 nitrogen and oxygen atoms in total. The van der Waals surface area contributed by atoms with Gasteiger partial charge in [0.25, 0.3) is 0 Å². The quantitative estimate of drug-likeness (QED) is 0.558. The number of fused-ring (bicyclic) bond motifs is 2. The van der Waals surface area contributed by atoms with Crippen LogP contribution in [0.25, 0.3) is 5.57 Å². The molecular formula is C26H21N. The lowest BCUT2D eigenvalue weighted by Crippen LogP contribution is -2.29. The van der Waals surface area contributed by atoms with Gasteiger partial charge in [0, 0.05) is 12.4 Å². The van der Waals surface area contributed by atoms with E-state index in [4.69, 9.17) is 0 Å². The van der Waals surface area contributed by atoms with E-state index in [1.807, 2.05) is 18.5 Å². The van der Waals surface area contributed by atoms with E-state index in [0.717, 1.165) is 0 Å². The van der Waals surface area contributed by atoms with Crippen LogP contribution < -0.4 is 0 Å². The average molecular weight is 347 g/mol. The van der Waals surface area contributed by atoms with Crippen LogP contribution in [0.5, 0.6) is 0 Å². The fourth-order valence-corrected chi connectivity index (χ4v) is 4.55. The highest BCUT2D eigenvalue weighted by Crippen LogP contribution is 2.55. The lowest BCUT2D eigenvalue weighted by molar-refractivity contribution is 0.754. The third-order valence-corrected chi connectivity index (χ3v) is 5.75. The van der Waals surface area contributed by atoms with Gasteiger partial charge in [-0.25, -0.2) is 0 Å². The third-order valence-electron chi connectivity index (χ3n) is 5.75. The molecule has 2 aromatic carbocycles. The molecule has 2 atom stereocenters. The normalized spacial score (nSPS) is 23.1. The van der Waals surface area contributed by atoms with Crippen molar-refractivity contribution in [1.82, 2.24) is 4.98 Å². The molecule has 2 unspecified atom stereocenters. The Hall–Kier alpha value is -3.19. The monoisotopic (exact) mass is 347 g/mol. The van der Waals surface area contributed by atoms with Crippen molar-refractivity contribution in [3.63, 3.8) is 0 Å². The Morgan fingerprint density at radius 3 is 2.33 bits per heavy atom. The predicted molar refractivity (Wildman–Crippen MR) is 111 cm³/mol. The Balaban J connectivity index is 1.94. The van der Waals surface area contributed by atoms with Gasteiger partial charge in [0.2, 0.25) is 0 Å². The summed E-state index contributed by atoms with van der Waals surface area (Å²) in [5.41, 5.74) is 7.45. The van der Waals surface area contributed by atoms with E-state index in [9.17, 15) is 0 Å². The highest BCUT2D eigenvalue weighted by molar-refractivity contribution is 5.92. The van der Waals surface area contributed by atoms with Gasteiger partial charge in [-0.15, -0.1) is 0 Å². The van der Waals surface area contributed by atoms with E-state index in [-0.39, 0.29) is 5.41 Å². The van der Waals surface area contributed by atoms with Gasteiger partial charge in [0.05, 0.1) is 5.41 Å². The van der Waals surface area contributed by atoms with Crippen LogP contribution >= 0.6 is 0 Å². The summed E-state index contributed by atoms with van der Waals surface area (Å²) in [5.74, 6) is 0.421. The van der Waals surface area contributed by atoms with Crippen molar-refractivity contribution >= 4 is 5.57 Å². The Morgan fingerprint density at radius 2 is 1.52 bits per heavy atom. The van der Waals surface area contributed by atoms with Crippen molar-refractivity contribution < 1.29 is 0 Å². The molecule has 0 radical (unpaired) electrons. The maximum Gasteiger partial charge on any atom is 0.0728 e. The molecule has 0 fully saturated rings. The molecule has 0 amide bonds. The van der Waals surface area contributed by atoms with Gasteiger partial charge in [0.15, 0.2) is 0 Å². The van der Waals surface area contributed by atoms with Crippen molar-refractivity contribution in [2.75, 3.05) is 0 Å². The molecule has 1 aromatic heterocycles. The summed E-state index contributed by atoms with van der Waals surface area (Å²) >= 11 is 0. The van der Waals surface area contributed by atoms with Gasteiger partial charge in [-0.3, -0.25) is 4.98 Å². The van der Waals surface area contributed by atoms with Gasteiger partial charge >= 0.3 is 0 Å². The fourth-order valence-electron chi connectivity index (χ4n) is 4.55. The molecule has 5 rings (SSSR count). The van der Waals surface area contributed by atoms with Gasteiger partial charge in [-0.2, -0.15) is 0 Å². The van der Waals surface area contributed by atoms with Gasteiger partial charge < -0.3 is 0 Å². The molecule has 0 aliphatic heterocycles. The zero-order chi connectivity index (χ0) is 18.3. The molecule has 0 spiro atoms. The van der Waals surface area contributed by atoms with Crippen molar-refractivity contribution in [2.24, 2.45) is 5.92 Å². The summed E-state index contributed by atoms with van der Waals surface area (Å²) in [7, 11) is 0. The van der Waals surface area contributed by atoms with Crippen LogP contribution in [-0.4, -0.2) is 4.98 Å². The number of nitrogens with zero attached hydrogens (tertiary/aromatic N) is 1. The summed E-state index contributed by atoms with van der Waals surface area (Å²) in [6.45, 7) is 2.23. The van der Waals surface area contributed by atoms with Crippen LogP contribution in [0.2, 0.25) is 0 Å². The first-order valence-corrected chi connectivity index (χ1v) is 9.49. The maximum absolute atomic E-state index is 4.48. The fraction of sp³-hybridized carbons (Fsp3) is 0.115. The summed E-state index contributed by atoms with van der Waals surface area (Å²) in [5, 5.41) is 0. The first-order valence-electron chi connectivity index (χ1n) is 9.49. The summed E-state index contributed by atoms with van der Waals surface area (Å²) in [6.07, 6.45) is 13.1. The van der Waals surface area contributed by atoms with E-state index in [1.54, 1.807) is 0 Å². The van der Waals surface area contributed by atoms with Crippen LogP contribution in [0.3, 0.4) is 0 Å². The Labute approximate surface area is 160 Å². The van der Waals surface area contributed by atoms with E-state index in [2.05, 4.69) is 96.9 Å². The number of allylic oxidation sites excluding steroid dienone is 6. The van der Waals surface area contributed by atoms with E-state index in [0.29, 0.717) is 5.92 Å². The van der Waals surface area contributed by atoms with Crippen LogP contribution in [0.15, 0.2) is 109 Å². The standard InChI is InChI=1S/C26H21N/c1-19-13-15-23-22-11-5-6-12-24(22)26(25(23)16-14-19,20-8-3-2-4-9-20)21-10-7-17-27-18-21/h2-19H,1H3. The van der Waals surface area contributed by atoms with Crippen LogP contribution in [0, 0.1) is 5.92 Å². The maximum atomic E-state index is 4.48. The zero-order valence-electron chi connectivity index (χ0n) is 15.3. The molecule has 1 heteroatoms. The Kier molecular flexibility index (Phi) is 3.68. The molecule has 0 N–H and O–H groups in total. The summed E-state index contributed by atoms with van der Waals surface area (Å²) < 4.78 is 0. The number of pyridine rings is 1. The number of rotatable bonds is 2. The van der Waals surface area contributed by atoms with Crippen LogP contribution in [-0.2, 0) is 5.41 Å². The number of hydrogen-bond donors (Lipinski definition) is 0. The summed E-state index contributed by atoms with van der Waals surface area (Å²) in [6, 6.07) is 23.9. The molecule has 0 saturated heterocycles. The Bertz CT molecular complexity index is 1030. The molecule has 1 heterocycles. The molecule has 27 heavy (non-hydrogen) atoms. The van der Waals surface area contributed by atoms with Gasteiger partial charge in [-0.1, -0.05) is 91.9 Å². The summed E-state index contributed by atoms with van der Waals surface area (Å²) in [4.78, 5) is 4.48. The third kappa shape index (κ3) is 2.28. The van der Waals surface area contributed by atoms with Crippen molar-refractivity contribution in [2.45, 2.75) is 12.3 Å². The lowest BCUT2D eigenvalue weighted by Gasteiger charge is -2.34. The Morgan fingerprint density at radius 1 is 0.778 bits per heavy atom. The number of benzene rings is 2. The molecule has 3 aromatic rings. The van der Waals surface area contributed by atoms with E-state index < -0.39 is 0 Å². The SMILES string of the molecule is CC1C=CC2=C(C=C1)C(c1ccccc1)(c1cccnc1)c1ccccc12. The second-order valence-electron chi connectivity index (χ2n) is 7.31. The lowest BCUT2D eigenvalue weighted by atomic mass is 9.67. The minimum absolute atomic E-state index is 0.341. The van der Waals surface area contributed by atoms with Crippen molar-refractivity contribution in [1.29, 1.82) is 0 Å². The molecular weight excluding hydrogens is 326 g/mol. The highest BCUT2D eigenvalue weighted by Gasteiger charge is 2.46. The zero-order valence-corrected chi connectivity index (χ0v) is 15.3. The van der Waals surface area contributed by atoms with Gasteiger partial charge in [0.1, 0.15) is 0 Å². The molecule has 130 valence electrons. The first kappa shape index (κ1) is 16.0. The van der Waals surface area contributed by atoms with E-state index in [1.165, 1.54) is 33.4 Å². The topological polar surface area (TPSA) is 12.9 Å². The largest absolute Gasteiger partial charge is 0.264 e. The average Bonchev–Trinajstić information content (AvgIpc) is 2.87. The minimum atomic E-state index is -0.341. The van der Waals surface area contributed by atoms with Crippen LogP contribution in [0.4, 0.5) is 0 Å². The van der Waals surface area contributed by atoms with Crippen LogP contribution in [0.1, 0.15) is 29.2 Å². The first-order chi connectivity index (χ1) is 13.3. The predicted octanol–water partition coefficient (Wildman–Crippen LogP) is 5.95. The smallest absolute Gasteiger partial charge is 0.0728 e. The molecule has 2 aliphatic rings. The number of hydrogen-bond acceptors (Lipinski definition) is 1. The van der Waals surface area contributed by atoms with Crippen molar-refractivity contribution in [3.8, 4) is 0 Å². The second-order valence-corrected chi connectivity index (χ2v) is 7.31. The second kappa shape index (κ2) is 6.21. The molecule has 0 saturated carbocycles. The van der Waals surface area contributed by atoms with E-state index >= 15 is 0 Å².